The Morgan fingerprint density at radius 2 is 1.88 bits per heavy atom. The highest BCUT2D eigenvalue weighted by Crippen LogP contribution is 2.25. The van der Waals surface area contributed by atoms with Crippen LogP contribution in [0.15, 0.2) is 30.3 Å². The molecule has 1 heterocycles. The number of pyridine rings is 1. The molecule has 0 aliphatic heterocycles. The zero-order valence-electron chi connectivity index (χ0n) is 10.5. The van der Waals surface area contributed by atoms with Crippen molar-refractivity contribution >= 4 is 16.6 Å². The van der Waals surface area contributed by atoms with Crippen LogP contribution in [-0.4, -0.2) is 18.1 Å². The molecule has 0 spiro atoms. The minimum Gasteiger partial charge on any atom is -0.357 e. The fourth-order valence-corrected chi connectivity index (χ4v) is 2.10. The van der Waals surface area contributed by atoms with Gasteiger partial charge in [0.05, 0.1) is 5.69 Å². The van der Waals surface area contributed by atoms with E-state index >= 15 is 0 Å². The fourth-order valence-electron chi connectivity index (χ4n) is 2.10. The summed E-state index contributed by atoms with van der Waals surface area (Å²) in [6.07, 6.45) is 0. The van der Waals surface area contributed by atoms with Crippen LogP contribution in [0.2, 0.25) is 0 Å². The van der Waals surface area contributed by atoms with Gasteiger partial charge in [-0.1, -0.05) is 24.3 Å². The predicted molar refractivity (Wildman–Crippen MR) is 73.2 cm³/mol. The molecule has 0 unspecified atom stereocenters. The van der Waals surface area contributed by atoms with Crippen LogP contribution in [-0.2, 0) is 6.54 Å². The Bertz CT molecular complexity index is 504. The summed E-state index contributed by atoms with van der Waals surface area (Å²) in [4.78, 5) is 6.93. The summed E-state index contributed by atoms with van der Waals surface area (Å²) in [5, 5.41) is 2.42. The van der Waals surface area contributed by atoms with E-state index in [1.165, 1.54) is 10.8 Å². The highest BCUT2D eigenvalue weighted by atomic mass is 15.2. The van der Waals surface area contributed by atoms with E-state index in [-0.39, 0.29) is 0 Å². The van der Waals surface area contributed by atoms with Crippen molar-refractivity contribution in [1.29, 1.82) is 0 Å². The van der Waals surface area contributed by atoms with Gasteiger partial charge in [-0.3, -0.25) is 0 Å². The van der Waals surface area contributed by atoms with Crippen molar-refractivity contribution in [2.75, 3.05) is 18.0 Å². The van der Waals surface area contributed by atoms with Gasteiger partial charge in [-0.15, -0.1) is 0 Å². The Balaban J connectivity index is 2.65. The molecule has 0 saturated heterocycles. The smallest absolute Gasteiger partial charge is 0.136 e. The van der Waals surface area contributed by atoms with Crippen LogP contribution in [0.4, 0.5) is 5.82 Å². The number of hydrogen-bond acceptors (Lipinski definition) is 3. The van der Waals surface area contributed by atoms with Crippen molar-refractivity contribution in [3.8, 4) is 0 Å². The van der Waals surface area contributed by atoms with E-state index in [1.54, 1.807) is 0 Å². The van der Waals surface area contributed by atoms with Gasteiger partial charge in [-0.05, 0) is 25.3 Å². The normalized spacial score (nSPS) is 10.8. The third-order valence-electron chi connectivity index (χ3n) is 3.05. The first kappa shape index (κ1) is 11.9. The predicted octanol–water partition coefficient (Wildman–Crippen LogP) is 2.54. The summed E-state index contributed by atoms with van der Waals surface area (Å²) in [5.74, 6) is 1.05. The Labute approximate surface area is 102 Å². The molecule has 0 saturated carbocycles. The number of hydrogen-bond donors (Lipinski definition) is 1. The number of anilines is 1. The number of rotatable bonds is 4. The zero-order chi connectivity index (χ0) is 12.3. The molecule has 2 rings (SSSR count). The maximum atomic E-state index is 5.71. The van der Waals surface area contributed by atoms with Gasteiger partial charge in [-0.25, -0.2) is 4.98 Å². The number of nitrogens with zero attached hydrogens (tertiary/aromatic N) is 2. The number of benzene rings is 1. The minimum atomic E-state index is 0.485. The summed E-state index contributed by atoms with van der Waals surface area (Å²) in [5.41, 5.74) is 6.66. The van der Waals surface area contributed by atoms with E-state index in [0.717, 1.165) is 24.6 Å². The van der Waals surface area contributed by atoms with Crippen LogP contribution in [0.1, 0.15) is 19.5 Å². The summed E-state index contributed by atoms with van der Waals surface area (Å²) in [7, 11) is 0. The molecule has 1 aromatic carbocycles. The van der Waals surface area contributed by atoms with Crippen LogP contribution in [0.3, 0.4) is 0 Å². The molecule has 0 fully saturated rings. The van der Waals surface area contributed by atoms with Crippen LogP contribution >= 0.6 is 0 Å². The third-order valence-corrected chi connectivity index (χ3v) is 3.05. The standard InChI is InChI=1S/C14H19N3/c1-3-17(4-2)14-13-8-6-5-7-11(13)9-12(10-15)16-14/h5-9H,3-4,10,15H2,1-2H3. The van der Waals surface area contributed by atoms with Gasteiger partial charge in [0.1, 0.15) is 5.82 Å². The van der Waals surface area contributed by atoms with Crippen molar-refractivity contribution in [2.24, 2.45) is 5.73 Å². The average Bonchev–Trinajstić information content (AvgIpc) is 2.39. The van der Waals surface area contributed by atoms with Crippen LogP contribution in [0.25, 0.3) is 10.8 Å². The number of fused-ring (bicyclic) bond motifs is 1. The molecule has 0 aliphatic carbocycles. The molecule has 0 radical (unpaired) electrons. The van der Waals surface area contributed by atoms with Crippen molar-refractivity contribution in [1.82, 2.24) is 4.98 Å². The van der Waals surface area contributed by atoms with Crippen LogP contribution in [0, 0.1) is 0 Å². The topological polar surface area (TPSA) is 42.2 Å². The van der Waals surface area contributed by atoms with Crippen molar-refractivity contribution in [2.45, 2.75) is 20.4 Å². The molecule has 2 N–H and O–H groups in total. The highest BCUT2D eigenvalue weighted by Gasteiger charge is 2.09. The fraction of sp³-hybridized carbons (Fsp3) is 0.357. The van der Waals surface area contributed by atoms with E-state index in [1.807, 2.05) is 0 Å². The maximum absolute atomic E-state index is 5.71. The molecular formula is C14H19N3. The molecule has 1 aromatic heterocycles. The third kappa shape index (κ3) is 2.24. The molecule has 2 aromatic rings. The second kappa shape index (κ2) is 5.15. The molecule has 0 bridgehead atoms. The first-order valence-corrected chi connectivity index (χ1v) is 6.13. The molecular weight excluding hydrogens is 210 g/mol. The lowest BCUT2D eigenvalue weighted by molar-refractivity contribution is 0.841. The molecule has 17 heavy (non-hydrogen) atoms. The second-order valence-electron chi connectivity index (χ2n) is 4.03. The minimum absolute atomic E-state index is 0.485. The summed E-state index contributed by atoms with van der Waals surface area (Å²) < 4.78 is 0. The average molecular weight is 229 g/mol. The van der Waals surface area contributed by atoms with E-state index in [4.69, 9.17) is 5.73 Å². The van der Waals surface area contributed by atoms with Gasteiger partial charge in [-0.2, -0.15) is 0 Å². The molecule has 0 aliphatic rings. The largest absolute Gasteiger partial charge is 0.357 e. The molecule has 3 heteroatoms. The maximum Gasteiger partial charge on any atom is 0.136 e. The van der Waals surface area contributed by atoms with Crippen molar-refractivity contribution in [3.63, 3.8) is 0 Å². The van der Waals surface area contributed by atoms with E-state index in [0.29, 0.717) is 6.54 Å². The lowest BCUT2D eigenvalue weighted by atomic mass is 10.1. The van der Waals surface area contributed by atoms with Crippen molar-refractivity contribution < 1.29 is 0 Å². The lowest BCUT2D eigenvalue weighted by Crippen LogP contribution is -2.23. The summed E-state index contributed by atoms with van der Waals surface area (Å²) in [6.45, 7) is 6.70. The van der Waals surface area contributed by atoms with Gasteiger partial charge in [0.25, 0.3) is 0 Å². The van der Waals surface area contributed by atoms with E-state index in [9.17, 15) is 0 Å². The van der Waals surface area contributed by atoms with Crippen LogP contribution < -0.4 is 10.6 Å². The number of nitrogens with two attached hydrogens (primary N) is 1. The number of aromatic nitrogens is 1. The van der Waals surface area contributed by atoms with Gasteiger partial charge in [0.15, 0.2) is 0 Å². The van der Waals surface area contributed by atoms with Gasteiger partial charge >= 0.3 is 0 Å². The summed E-state index contributed by atoms with van der Waals surface area (Å²) >= 11 is 0. The Hall–Kier alpha value is -1.61. The summed E-state index contributed by atoms with van der Waals surface area (Å²) in [6, 6.07) is 10.4. The highest BCUT2D eigenvalue weighted by molar-refractivity contribution is 5.92. The molecule has 90 valence electrons. The Morgan fingerprint density at radius 3 is 2.53 bits per heavy atom. The van der Waals surface area contributed by atoms with E-state index in [2.05, 4.69) is 54.1 Å². The van der Waals surface area contributed by atoms with E-state index < -0.39 is 0 Å². The van der Waals surface area contributed by atoms with Gasteiger partial charge in [0.2, 0.25) is 0 Å². The SMILES string of the molecule is CCN(CC)c1nc(CN)cc2ccccc12. The first-order chi connectivity index (χ1) is 8.30. The lowest BCUT2D eigenvalue weighted by Gasteiger charge is -2.22. The van der Waals surface area contributed by atoms with Crippen LogP contribution in [0.5, 0.6) is 0 Å². The Kier molecular flexibility index (Phi) is 3.59. The quantitative estimate of drug-likeness (QED) is 0.876. The van der Waals surface area contributed by atoms with Gasteiger partial charge in [0, 0.05) is 25.0 Å². The van der Waals surface area contributed by atoms with Crippen molar-refractivity contribution in [3.05, 3.63) is 36.0 Å². The molecule has 0 atom stereocenters. The Morgan fingerprint density at radius 1 is 1.18 bits per heavy atom. The molecule has 3 nitrogen and oxygen atoms in total. The monoisotopic (exact) mass is 229 g/mol. The molecule has 0 amide bonds. The van der Waals surface area contributed by atoms with Gasteiger partial charge < -0.3 is 10.6 Å². The zero-order valence-corrected chi connectivity index (χ0v) is 10.5. The second-order valence-corrected chi connectivity index (χ2v) is 4.03. The first-order valence-electron chi connectivity index (χ1n) is 6.13.